The van der Waals surface area contributed by atoms with Gasteiger partial charge in [-0.05, 0) is 42.2 Å². The minimum Gasteiger partial charge on any atom is -0.324 e. The Morgan fingerprint density at radius 2 is 1.85 bits per heavy atom. The van der Waals surface area contributed by atoms with E-state index in [1.54, 1.807) is 0 Å². The zero-order valence-electron chi connectivity index (χ0n) is 15.5. The molecule has 2 aromatic carbocycles. The Bertz CT molecular complexity index is 912. The van der Waals surface area contributed by atoms with Crippen molar-refractivity contribution in [3.8, 4) is 11.4 Å². The summed E-state index contributed by atoms with van der Waals surface area (Å²) in [5.41, 5.74) is 5.12. The van der Waals surface area contributed by atoms with E-state index in [1.165, 1.54) is 10.4 Å². The van der Waals surface area contributed by atoms with E-state index in [1.807, 2.05) is 44.2 Å². The van der Waals surface area contributed by atoms with E-state index in [0.717, 1.165) is 22.4 Å². The number of aromatic nitrogens is 4. The van der Waals surface area contributed by atoms with Gasteiger partial charge in [-0.3, -0.25) is 4.79 Å². The van der Waals surface area contributed by atoms with Crippen molar-refractivity contribution in [3.63, 3.8) is 0 Å². The zero-order valence-corrected chi connectivity index (χ0v) is 15.5. The molecule has 0 unspecified atom stereocenters. The Hall–Kier alpha value is -3.02. The summed E-state index contributed by atoms with van der Waals surface area (Å²) >= 11 is 0. The number of nitrogens with one attached hydrogen (secondary N) is 1. The molecule has 3 rings (SSSR count). The molecule has 0 aliphatic carbocycles. The molecule has 6 nitrogen and oxygen atoms in total. The average Bonchev–Trinajstić information content (AvgIpc) is 3.06. The highest BCUT2D eigenvalue weighted by atomic mass is 16.2. The van der Waals surface area contributed by atoms with Gasteiger partial charge >= 0.3 is 0 Å². The first kappa shape index (κ1) is 17.8. The van der Waals surface area contributed by atoms with E-state index in [-0.39, 0.29) is 12.5 Å². The van der Waals surface area contributed by atoms with Gasteiger partial charge in [0.15, 0.2) is 0 Å². The summed E-state index contributed by atoms with van der Waals surface area (Å²) in [6.45, 7) is 8.31. The van der Waals surface area contributed by atoms with Crippen molar-refractivity contribution in [3.05, 3.63) is 59.2 Å². The van der Waals surface area contributed by atoms with Crippen LogP contribution in [0.2, 0.25) is 0 Å². The fraction of sp³-hybridized carbons (Fsp3) is 0.300. The van der Waals surface area contributed by atoms with Gasteiger partial charge in [0.1, 0.15) is 6.54 Å². The largest absolute Gasteiger partial charge is 0.324 e. The number of aryl methyl sites for hydroxylation is 2. The number of hydrogen-bond donors (Lipinski definition) is 1. The molecule has 1 aromatic heterocycles. The lowest BCUT2D eigenvalue weighted by molar-refractivity contribution is -0.117. The fourth-order valence-corrected chi connectivity index (χ4v) is 2.71. The Kier molecular flexibility index (Phi) is 5.11. The van der Waals surface area contributed by atoms with E-state index in [0.29, 0.717) is 11.7 Å². The summed E-state index contributed by atoms with van der Waals surface area (Å²) < 4.78 is 0. The van der Waals surface area contributed by atoms with Gasteiger partial charge < -0.3 is 5.32 Å². The normalized spacial score (nSPS) is 11.0. The number of benzene rings is 2. The Morgan fingerprint density at radius 1 is 1.12 bits per heavy atom. The number of rotatable bonds is 5. The summed E-state index contributed by atoms with van der Waals surface area (Å²) in [6, 6.07) is 14.0. The maximum atomic E-state index is 12.2. The lowest BCUT2D eigenvalue weighted by atomic mass is 10.0. The van der Waals surface area contributed by atoms with Crippen molar-refractivity contribution in [1.82, 2.24) is 20.2 Å². The van der Waals surface area contributed by atoms with E-state index in [9.17, 15) is 4.79 Å². The summed E-state index contributed by atoms with van der Waals surface area (Å²) in [5, 5.41) is 15.2. The monoisotopic (exact) mass is 349 g/mol. The number of amides is 1. The summed E-state index contributed by atoms with van der Waals surface area (Å²) in [5.74, 6) is 0.803. The van der Waals surface area contributed by atoms with Crippen molar-refractivity contribution < 1.29 is 4.79 Å². The van der Waals surface area contributed by atoms with Crippen LogP contribution in [0, 0.1) is 13.8 Å². The van der Waals surface area contributed by atoms with Crippen LogP contribution in [0.1, 0.15) is 36.5 Å². The predicted octanol–water partition coefficient (Wildman–Crippen LogP) is 3.72. The minimum absolute atomic E-state index is 0.0182. The highest BCUT2D eigenvalue weighted by molar-refractivity contribution is 5.91. The van der Waals surface area contributed by atoms with Crippen LogP contribution in [0.5, 0.6) is 0 Å². The predicted molar refractivity (Wildman–Crippen MR) is 102 cm³/mol. The molecule has 1 heterocycles. The second-order valence-electron chi connectivity index (χ2n) is 6.79. The van der Waals surface area contributed by atoms with Crippen molar-refractivity contribution in [2.75, 3.05) is 5.32 Å². The number of carbonyl (C=O) groups is 1. The fourth-order valence-electron chi connectivity index (χ4n) is 2.71. The van der Waals surface area contributed by atoms with E-state index in [2.05, 4.69) is 46.7 Å². The molecule has 0 bridgehead atoms. The van der Waals surface area contributed by atoms with Crippen LogP contribution in [0.15, 0.2) is 42.5 Å². The molecule has 1 amide bonds. The Labute approximate surface area is 153 Å². The van der Waals surface area contributed by atoms with Gasteiger partial charge in [-0.15, -0.1) is 10.2 Å². The molecular formula is C20H23N5O. The van der Waals surface area contributed by atoms with Crippen LogP contribution in [-0.4, -0.2) is 26.1 Å². The highest BCUT2D eigenvalue weighted by Crippen LogP contribution is 2.19. The van der Waals surface area contributed by atoms with Crippen LogP contribution in [0.3, 0.4) is 0 Å². The third-order valence-corrected chi connectivity index (χ3v) is 4.23. The molecule has 1 N–H and O–H groups in total. The summed E-state index contributed by atoms with van der Waals surface area (Å²) in [7, 11) is 0. The van der Waals surface area contributed by atoms with Crippen molar-refractivity contribution in [1.29, 1.82) is 0 Å². The standard InChI is InChI=1S/C20H23N5O/c1-13(2)16-6-8-17(9-7-16)20-22-24-25(23-20)12-19(26)21-18-10-5-14(3)11-15(18)4/h5-11,13H,12H2,1-4H3,(H,21,26). The van der Waals surface area contributed by atoms with Crippen molar-refractivity contribution in [2.24, 2.45) is 0 Å². The second-order valence-corrected chi connectivity index (χ2v) is 6.79. The molecule has 0 spiro atoms. The maximum Gasteiger partial charge on any atom is 0.248 e. The molecule has 0 aliphatic rings. The smallest absolute Gasteiger partial charge is 0.248 e. The number of anilines is 1. The van der Waals surface area contributed by atoms with E-state index < -0.39 is 0 Å². The lowest BCUT2D eigenvalue weighted by Crippen LogP contribution is -2.21. The second kappa shape index (κ2) is 7.47. The summed E-state index contributed by atoms with van der Waals surface area (Å²) in [4.78, 5) is 13.6. The van der Waals surface area contributed by atoms with Gasteiger partial charge in [-0.2, -0.15) is 4.80 Å². The van der Waals surface area contributed by atoms with E-state index >= 15 is 0 Å². The van der Waals surface area contributed by atoms with Crippen LogP contribution < -0.4 is 5.32 Å². The number of nitrogens with zero attached hydrogens (tertiary/aromatic N) is 4. The SMILES string of the molecule is Cc1ccc(NC(=O)Cn2nnc(-c3ccc(C(C)C)cc3)n2)c(C)c1. The van der Waals surface area contributed by atoms with Crippen LogP contribution in [-0.2, 0) is 11.3 Å². The molecule has 0 aliphatic heterocycles. The highest BCUT2D eigenvalue weighted by Gasteiger charge is 2.11. The van der Waals surface area contributed by atoms with Gasteiger partial charge in [-0.25, -0.2) is 0 Å². The first-order valence-corrected chi connectivity index (χ1v) is 8.67. The third-order valence-electron chi connectivity index (χ3n) is 4.23. The topological polar surface area (TPSA) is 72.7 Å². The van der Waals surface area contributed by atoms with Gasteiger partial charge in [-0.1, -0.05) is 55.8 Å². The molecule has 134 valence electrons. The Balaban J connectivity index is 1.67. The first-order chi connectivity index (χ1) is 12.4. The van der Waals surface area contributed by atoms with Gasteiger partial charge in [0.2, 0.25) is 11.7 Å². The minimum atomic E-state index is -0.184. The zero-order chi connectivity index (χ0) is 18.7. The van der Waals surface area contributed by atoms with Crippen LogP contribution >= 0.6 is 0 Å². The van der Waals surface area contributed by atoms with Crippen LogP contribution in [0.25, 0.3) is 11.4 Å². The molecule has 0 fully saturated rings. The Morgan fingerprint density at radius 3 is 2.50 bits per heavy atom. The van der Waals surface area contributed by atoms with E-state index in [4.69, 9.17) is 0 Å². The van der Waals surface area contributed by atoms with Crippen LogP contribution in [0.4, 0.5) is 5.69 Å². The molecule has 26 heavy (non-hydrogen) atoms. The number of hydrogen-bond acceptors (Lipinski definition) is 4. The van der Waals surface area contributed by atoms with Gasteiger partial charge in [0.05, 0.1) is 0 Å². The number of carbonyl (C=O) groups excluding carboxylic acids is 1. The molecule has 0 saturated heterocycles. The van der Waals surface area contributed by atoms with Crippen molar-refractivity contribution in [2.45, 2.75) is 40.2 Å². The summed E-state index contributed by atoms with van der Waals surface area (Å²) in [6.07, 6.45) is 0. The molecule has 0 radical (unpaired) electrons. The molecule has 0 atom stereocenters. The van der Waals surface area contributed by atoms with Crippen molar-refractivity contribution >= 4 is 11.6 Å². The third kappa shape index (κ3) is 4.14. The quantitative estimate of drug-likeness (QED) is 0.762. The molecule has 3 aromatic rings. The maximum absolute atomic E-state index is 12.2. The molecule has 0 saturated carbocycles. The number of tetrazole rings is 1. The average molecular weight is 349 g/mol. The van der Waals surface area contributed by atoms with Gasteiger partial charge in [0.25, 0.3) is 0 Å². The molecular weight excluding hydrogens is 326 g/mol. The van der Waals surface area contributed by atoms with Gasteiger partial charge in [0, 0.05) is 11.3 Å². The molecule has 6 heteroatoms. The first-order valence-electron chi connectivity index (χ1n) is 8.67. The lowest BCUT2D eigenvalue weighted by Gasteiger charge is -2.08.